The molecule has 0 heterocycles. The molecule has 1 rings (SSSR count). The first-order chi connectivity index (χ1) is 7.20. The van der Waals surface area contributed by atoms with Gasteiger partial charge in [-0.15, -0.1) is 0 Å². The maximum absolute atomic E-state index is 2.47. The Labute approximate surface area is 96.8 Å². The second-order valence-corrected chi connectivity index (χ2v) is 5.78. The van der Waals surface area contributed by atoms with Crippen molar-refractivity contribution in [1.82, 2.24) is 0 Å². The predicted octanol–water partition coefficient (Wildman–Crippen LogP) is 5.28. The largest absolute Gasteiger partial charge is 0.0654 e. The van der Waals surface area contributed by atoms with Gasteiger partial charge < -0.3 is 0 Å². The van der Waals surface area contributed by atoms with E-state index in [4.69, 9.17) is 0 Å². The fourth-order valence-corrected chi connectivity index (χ4v) is 3.31. The average molecular weight is 210 g/mol. The number of hydrogen-bond acceptors (Lipinski definition) is 0. The van der Waals surface area contributed by atoms with Crippen molar-refractivity contribution in [3.05, 3.63) is 0 Å². The van der Waals surface area contributed by atoms with Crippen molar-refractivity contribution >= 4 is 0 Å². The minimum atomic E-state index is 1.00. The molecule has 4 atom stereocenters. The van der Waals surface area contributed by atoms with Crippen LogP contribution >= 0.6 is 0 Å². The molecule has 0 spiro atoms. The summed E-state index contributed by atoms with van der Waals surface area (Å²) in [7, 11) is 0. The van der Waals surface area contributed by atoms with Crippen molar-refractivity contribution in [1.29, 1.82) is 0 Å². The van der Waals surface area contributed by atoms with E-state index in [0.717, 1.165) is 23.7 Å². The molecular weight excluding hydrogens is 180 g/mol. The SMILES string of the molecule is CCCCCC(CCC)C1CC(C)C1C. The van der Waals surface area contributed by atoms with Crippen molar-refractivity contribution in [2.24, 2.45) is 23.7 Å². The van der Waals surface area contributed by atoms with E-state index in [1.165, 1.54) is 44.9 Å². The Bertz CT molecular complexity index is 161. The van der Waals surface area contributed by atoms with Crippen LogP contribution in [0.2, 0.25) is 0 Å². The van der Waals surface area contributed by atoms with Gasteiger partial charge in [0, 0.05) is 0 Å². The maximum atomic E-state index is 2.47. The van der Waals surface area contributed by atoms with Gasteiger partial charge in [-0.25, -0.2) is 0 Å². The minimum Gasteiger partial charge on any atom is -0.0654 e. The van der Waals surface area contributed by atoms with E-state index in [1.54, 1.807) is 0 Å². The fourth-order valence-electron chi connectivity index (χ4n) is 3.31. The molecule has 1 fully saturated rings. The van der Waals surface area contributed by atoms with Gasteiger partial charge in [0.1, 0.15) is 0 Å². The molecule has 1 saturated carbocycles. The molecule has 0 aliphatic heterocycles. The Morgan fingerprint density at radius 2 is 1.73 bits per heavy atom. The summed E-state index contributed by atoms with van der Waals surface area (Å²) in [6.45, 7) is 9.56. The van der Waals surface area contributed by atoms with Gasteiger partial charge in [0.25, 0.3) is 0 Å². The van der Waals surface area contributed by atoms with Gasteiger partial charge >= 0.3 is 0 Å². The van der Waals surface area contributed by atoms with Crippen molar-refractivity contribution in [3.63, 3.8) is 0 Å². The second kappa shape index (κ2) is 6.55. The molecule has 1 aliphatic carbocycles. The molecule has 0 nitrogen and oxygen atoms in total. The molecule has 4 unspecified atom stereocenters. The van der Waals surface area contributed by atoms with Crippen LogP contribution in [-0.4, -0.2) is 0 Å². The topological polar surface area (TPSA) is 0 Å². The van der Waals surface area contributed by atoms with Crippen LogP contribution in [0.25, 0.3) is 0 Å². The summed E-state index contributed by atoms with van der Waals surface area (Å²) >= 11 is 0. The Hall–Kier alpha value is 0. The predicted molar refractivity (Wildman–Crippen MR) is 69.0 cm³/mol. The molecule has 0 radical (unpaired) electrons. The normalized spacial score (nSPS) is 32.4. The smallest absolute Gasteiger partial charge is 0.0355 e. The third-order valence-corrected chi connectivity index (χ3v) is 4.66. The molecule has 0 N–H and O–H groups in total. The first-order valence-electron chi connectivity index (χ1n) is 7.20. The highest BCUT2D eigenvalue weighted by molar-refractivity contribution is 4.88. The van der Waals surface area contributed by atoms with Gasteiger partial charge in [-0.3, -0.25) is 0 Å². The van der Waals surface area contributed by atoms with E-state index in [1.807, 2.05) is 0 Å². The lowest BCUT2D eigenvalue weighted by atomic mass is 9.60. The van der Waals surface area contributed by atoms with Crippen LogP contribution in [-0.2, 0) is 0 Å². The van der Waals surface area contributed by atoms with E-state index >= 15 is 0 Å². The van der Waals surface area contributed by atoms with Gasteiger partial charge in [-0.2, -0.15) is 0 Å². The second-order valence-electron chi connectivity index (χ2n) is 5.78. The van der Waals surface area contributed by atoms with Gasteiger partial charge in [-0.05, 0) is 30.1 Å². The molecule has 0 bridgehead atoms. The lowest BCUT2D eigenvalue weighted by molar-refractivity contribution is 0.0389. The molecule has 0 aromatic heterocycles. The molecule has 1 aliphatic rings. The van der Waals surface area contributed by atoms with E-state index in [9.17, 15) is 0 Å². The minimum absolute atomic E-state index is 1.00. The van der Waals surface area contributed by atoms with Crippen LogP contribution in [0.3, 0.4) is 0 Å². The van der Waals surface area contributed by atoms with Crippen LogP contribution in [0.4, 0.5) is 0 Å². The number of unbranched alkanes of at least 4 members (excludes halogenated alkanes) is 2. The van der Waals surface area contributed by atoms with Crippen molar-refractivity contribution < 1.29 is 0 Å². The highest BCUT2D eigenvalue weighted by Gasteiger charge is 2.38. The van der Waals surface area contributed by atoms with Gasteiger partial charge in [-0.1, -0.05) is 66.2 Å². The van der Waals surface area contributed by atoms with Crippen LogP contribution in [0.5, 0.6) is 0 Å². The first kappa shape index (κ1) is 13.1. The fraction of sp³-hybridized carbons (Fsp3) is 1.00. The molecule has 0 amide bonds. The zero-order valence-electron chi connectivity index (χ0n) is 11.3. The van der Waals surface area contributed by atoms with Crippen molar-refractivity contribution in [2.45, 2.75) is 72.6 Å². The highest BCUT2D eigenvalue weighted by Crippen LogP contribution is 2.47. The molecule has 0 heteroatoms. The van der Waals surface area contributed by atoms with Crippen LogP contribution in [0, 0.1) is 23.7 Å². The van der Waals surface area contributed by atoms with E-state index in [-0.39, 0.29) is 0 Å². The first-order valence-corrected chi connectivity index (χ1v) is 7.20. The maximum Gasteiger partial charge on any atom is -0.0355 e. The number of rotatable bonds is 7. The van der Waals surface area contributed by atoms with Crippen molar-refractivity contribution in [2.75, 3.05) is 0 Å². The van der Waals surface area contributed by atoms with Crippen molar-refractivity contribution in [3.8, 4) is 0 Å². The van der Waals surface area contributed by atoms with Gasteiger partial charge in [0.15, 0.2) is 0 Å². The number of hydrogen-bond donors (Lipinski definition) is 0. The van der Waals surface area contributed by atoms with Crippen LogP contribution in [0.15, 0.2) is 0 Å². The molecule has 0 aromatic rings. The van der Waals surface area contributed by atoms with E-state index in [2.05, 4.69) is 27.7 Å². The van der Waals surface area contributed by atoms with Gasteiger partial charge in [0.2, 0.25) is 0 Å². The quantitative estimate of drug-likeness (QED) is 0.502. The molecular formula is C15H30. The Kier molecular flexibility index (Phi) is 5.71. The van der Waals surface area contributed by atoms with Crippen LogP contribution < -0.4 is 0 Å². The summed E-state index contributed by atoms with van der Waals surface area (Å²) in [5.41, 5.74) is 0. The van der Waals surface area contributed by atoms with Gasteiger partial charge in [0.05, 0.1) is 0 Å². The lowest BCUT2D eigenvalue weighted by Crippen LogP contribution is -2.37. The molecule has 0 aromatic carbocycles. The lowest BCUT2D eigenvalue weighted by Gasteiger charge is -2.46. The molecule has 0 saturated heterocycles. The summed E-state index contributed by atoms with van der Waals surface area (Å²) in [4.78, 5) is 0. The summed E-state index contributed by atoms with van der Waals surface area (Å²) < 4.78 is 0. The zero-order valence-corrected chi connectivity index (χ0v) is 11.3. The Balaban J connectivity index is 2.30. The Morgan fingerprint density at radius 1 is 1.00 bits per heavy atom. The summed E-state index contributed by atoms with van der Waals surface area (Å²) in [6, 6.07) is 0. The summed E-state index contributed by atoms with van der Waals surface area (Å²) in [5, 5.41) is 0. The third-order valence-electron chi connectivity index (χ3n) is 4.66. The molecule has 90 valence electrons. The van der Waals surface area contributed by atoms with Crippen LogP contribution in [0.1, 0.15) is 72.6 Å². The molecule has 15 heavy (non-hydrogen) atoms. The monoisotopic (exact) mass is 210 g/mol. The zero-order chi connectivity index (χ0) is 11.3. The summed E-state index contributed by atoms with van der Waals surface area (Å²) in [5.74, 6) is 4.12. The standard InChI is InChI=1S/C15H30/c1-5-7-8-10-14(9-6-2)15-11-12(3)13(15)4/h12-15H,5-11H2,1-4H3. The Morgan fingerprint density at radius 3 is 2.20 bits per heavy atom. The average Bonchev–Trinajstić information content (AvgIpc) is 2.25. The summed E-state index contributed by atoms with van der Waals surface area (Å²) in [6.07, 6.45) is 10.2. The third kappa shape index (κ3) is 3.50. The highest BCUT2D eigenvalue weighted by atomic mass is 14.4. The van der Waals surface area contributed by atoms with E-state index < -0.39 is 0 Å². The van der Waals surface area contributed by atoms with E-state index in [0.29, 0.717) is 0 Å².